The average molecular weight is 425 g/mol. The van der Waals surface area contributed by atoms with Crippen LogP contribution in [0.3, 0.4) is 0 Å². The number of hydrogen-bond donors (Lipinski definition) is 0. The van der Waals surface area contributed by atoms with E-state index in [4.69, 9.17) is 4.74 Å². The van der Waals surface area contributed by atoms with Crippen LogP contribution in [0.4, 0.5) is 5.69 Å². The Labute approximate surface area is 179 Å². The molecule has 2 aromatic carbocycles. The molecule has 0 N–H and O–H groups in total. The molecule has 6 heteroatoms. The van der Waals surface area contributed by atoms with Crippen LogP contribution in [-0.2, 0) is 10.2 Å². The molecule has 0 radical (unpaired) electrons. The highest BCUT2D eigenvalue weighted by molar-refractivity contribution is 8.01. The predicted molar refractivity (Wildman–Crippen MR) is 122 cm³/mol. The van der Waals surface area contributed by atoms with Crippen LogP contribution in [-0.4, -0.2) is 30.2 Å². The van der Waals surface area contributed by atoms with Gasteiger partial charge in [-0.15, -0.1) is 11.3 Å². The smallest absolute Gasteiger partial charge is 0.167 e. The summed E-state index contributed by atoms with van der Waals surface area (Å²) < 4.78 is 7.54. The number of para-hydroxylation sites is 1. The quantitative estimate of drug-likeness (QED) is 0.377. The van der Waals surface area contributed by atoms with Gasteiger partial charge in [0.2, 0.25) is 0 Å². The molecule has 2 heterocycles. The largest absolute Gasteiger partial charge is 0.494 e. The topological polar surface area (TPSA) is 42.4 Å². The summed E-state index contributed by atoms with van der Waals surface area (Å²) in [5.41, 5.74) is 4.22. The number of thioether (sulfide) groups is 1. The zero-order chi connectivity index (χ0) is 20.6. The highest BCUT2D eigenvalue weighted by atomic mass is 32.2. The number of thiazole rings is 1. The van der Waals surface area contributed by atoms with Crippen molar-refractivity contribution in [2.75, 3.05) is 24.3 Å². The molecular formula is C23H24N2O2S2. The number of carbonyl (C=O) groups excluding carboxylic acids is 1. The molecule has 0 atom stereocenters. The fraction of sp³-hybridized carbons (Fsp3) is 0.304. The lowest BCUT2D eigenvalue weighted by molar-refractivity contribution is -0.112. The molecular weight excluding hydrogens is 400 g/mol. The van der Waals surface area contributed by atoms with Gasteiger partial charge in [0.1, 0.15) is 5.75 Å². The number of benzene rings is 2. The molecule has 29 heavy (non-hydrogen) atoms. The maximum Gasteiger partial charge on any atom is 0.167 e. The predicted octanol–water partition coefficient (Wildman–Crippen LogP) is 5.67. The standard InChI is InChI=1S/C23H24N2O2S2/c1-5-27-16-10-11-18-20(13-16)29-22(24-18)28-14-15(26)12-21-23(2,3)17-8-6-7-9-19(17)25(21)4/h6-13H,5,14H2,1-4H3/b21-12+. The van der Waals surface area contributed by atoms with Crippen LogP contribution < -0.4 is 9.64 Å². The number of ether oxygens (including phenoxy) is 1. The molecule has 0 spiro atoms. The number of hydrogen-bond acceptors (Lipinski definition) is 6. The number of carbonyl (C=O) groups is 1. The second-order valence-corrected chi connectivity index (χ2v) is 9.78. The van der Waals surface area contributed by atoms with E-state index in [9.17, 15) is 4.79 Å². The average Bonchev–Trinajstić information content (AvgIpc) is 3.19. The van der Waals surface area contributed by atoms with E-state index in [1.165, 1.54) is 23.0 Å². The Bertz CT molecular complexity index is 1100. The van der Waals surface area contributed by atoms with Crippen molar-refractivity contribution in [1.29, 1.82) is 0 Å². The molecule has 3 aromatic rings. The van der Waals surface area contributed by atoms with Crippen LogP contribution in [0.15, 0.2) is 58.6 Å². The number of nitrogens with zero attached hydrogens (tertiary/aromatic N) is 2. The Morgan fingerprint density at radius 3 is 2.83 bits per heavy atom. The number of allylic oxidation sites excluding steroid dienone is 2. The summed E-state index contributed by atoms with van der Waals surface area (Å²) in [6, 6.07) is 14.3. The van der Waals surface area contributed by atoms with Gasteiger partial charge < -0.3 is 9.64 Å². The van der Waals surface area contributed by atoms with Gasteiger partial charge in [-0.25, -0.2) is 4.98 Å². The van der Waals surface area contributed by atoms with Gasteiger partial charge in [-0.1, -0.05) is 43.8 Å². The first-order valence-electron chi connectivity index (χ1n) is 9.64. The lowest BCUT2D eigenvalue weighted by Crippen LogP contribution is -2.24. The number of fused-ring (bicyclic) bond motifs is 2. The summed E-state index contributed by atoms with van der Waals surface area (Å²) in [4.78, 5) is 19.5. The minimum atomic E-state index is -0.183. The maximum absolute atomic E-state index is 12.7. The third-order valence-corrected chi connectivity index (χ3v) is 7.41. The number of ketones is 1. The molecule has 1 aliphatic rings. The van der Waals surface area contributed by atoms with Gasteiger partial charge >= 0.3 is 0 Å². The second-order valence-electron chi connectivity index (χ2n) is 7.53. The van der Waals surface area contributed by atoms with Crippen LogP contribution in [0.25, 0.3) is 10.2 Å². The van der Waals surface area contributed by atoms with E-state index in [1.54, 1.807) is 17.4 Å². The van der Waals surface area contributed by atoms with Crippen molar-refractivity contribution in [2.45, 2.75) is 30.5 Å². The van der Waals surface area contributed by atoms with Crippen molar-refractivity contribution < 1.29 is 9.53 Å². The Morgan fingerprint density at radius 1 is 1.28 bits per heavy atom. The highest BCUT2D eigenvalue weighted by Crippen LogP contribution is 2.46. The van der Waals surface area contributed by atoms with E-state index in [0.29, 0.717) is 12.4 Å². The van der Waals surface area contributed by atoms with E-state index >= 15 is 0 Å². The second kappa shape index (κ2) is 7.84. The SMILES string of the molecule is CCOc1ccc2nc(SCC(=O)/C=C3/N(C)c4ccccc4C3(C)C)sc2c1. The van der Waals surface area contributed by atoms with Crippen molar-refractivity contribution >= 4 is 44.8 Å². The van der Waals surface area contributed by atoms with Gasteiger partial charge in [0.05, 0.1) is 22.6 Å². The van der Waals surface area contributed by atoms with E-state index in [2.05, 4.69) is 41.9 Å². The van der Waals surface area contributed by atoms with Crippen LogP contribution in [0.2, 0.25) is 0 Å². The zero-order valence-corrected chi connectivity index (χ0v) is 18.7. The number of anilines is 1. The molecule has 0 saturated carbocycles. The van der Waals surface area contributed by atoms with Crippen molar-refractivity contribution in [3.63, 3.8) is 0 Å². The van der Waals surface area contributed by atoms with Crippen LogP contribution in [0, 0.1) is 0 Å². The van der Waals surface area contributed by atoms with Gasteiger partial charge in [0.15, 0.2) is 10.1 Å². The molecule has 4 nitrogen and oxygen atoms in total. The number of likely N-dealkylation sites (N-methyl/N-ethyl adjacent to an activating group) is 1. The molecule has 0 amide bonds. The Hall–Kier alpha value is -2.31. The minimum absolute atomic E-state index is 0.104. The molecule has 0 bridgehead atoms. The van der Waals surface area contributed by atoms with Crippen LogP contribution >= 0.6 is 23.1 Å². The fourth-order valence-electron chi connectivity index (χ4n) is 3.79. The molecule has 0 unspecified atom stereocenters. The molecule has 4 rings (SSSR count). The number of rotatable bonds is 6. The molecule has 0 fully saturated rings. The highest BCUT2D eigenvalue weighted by Gasteiger charge is 2.38. The first kappa shape index (κ1) is 20.0. The van der Waals surface area contributed by atoms with E-state index in [-0.39, 0.29) is 11.2 Å². The van der Waals surface area contributed by atoms with E-state index in [1.807, 2.05) is 38.2 Å². The van der Waals surface area contributed by atoms with Crippen LogP contribution in [0.1, 0.15) is 26.3 Å². The van der Waals surface area contributed by atoms with Crippen molar-refractivity contribution in [3.05, 3.63) is 59.8 Å². The van der Waals surface area contributed by atoms with Gasteiger partial charge in [-0.3, -0.25) is 4.79 Å². The van der Waals surface area contributed by atoms with Crippen LogP contribution in [0.5, 0.6) is 5.75 Å². The zero-order valence-electron chi connectivity index (χ0n) is 17.1. The number of aromatic nitrogens is 1. The van der Waals surface area contributed by atoms with Gasteiger partial charge in [-0.05, 0) is 36.8 Å². The van der Waals surface area contributed by atoms with Gasteiger partial charge in [0.25, 0.3) is 0 Å². The molecule has 0 saturated heterocycles. The lowest BCUT2D eigenvalue weighted by atomic mass is 9.83. The van der Waals surface area contributed by atoms with Crippen molar-refractivity contribution in [2.24, 2.45) is 0 Å². The summed E-state index contributed by atoms with van der Waals surface area (Å²) in [6.45, 7) is 6.96. The molecule has 1 aromatic heterocycles. The summed E-state index contributed by atoms with van der Waals surface area (Å²) in [5, 5.41) is 0. The Kier molecular flexibility index (Phi) is 5.40. The molecule has 150 valence electrons. The van der Waals surface area contributed by atoms with E-state index < -0.39 is 0 Å². The Morgan fingerprint density at radius 2 is 2.07 bits per heavy atom. The lowest BCUT2D eigenvalue weighted by Gasteiger charge is -2.23. The summed E-state index contributed by atoms with van der Waals surface area (Å²) in [7, 11) is 2.03. The first-order chi connectivity index (χ1) is 13.9. The van der Waals surface area contributed by atoms with Gasteiger partial charge in [0, 0.05) is 29.9 Å². The van der Waals surface area contributed by atoms with E-state index in [0.717, 1.165) is 26.0 Å². The normalized spacial score (nSPS) is 16.4. The Balaban J connectivity index is 1.48. The fourth-order valence-corrected chi connectivity index (χ4v) is 5.71. The maximum atomic E-state index is 12.7. The third kappa shape index (κ3) is 3.79. The summed E-state index contributed by atoms with van der Waals surface area (Å²) in [5.74, 6) is 1.33. The molecule has 1 aliphatic heterocycles. The molecule has 0 aliphatic carbocycles. The third-order valence-electron chi connectivity index (χ3n) is 5.23. The summed E-state index contributed by atoms with van der Waals surface area (Å²) in [6.07, 6.45) is 1.80. The monoisotopic (exact) mass is 424 g/mol. The van der Waals surface area contributed by atoms with Crippen molar-refractivity contribution in [1.82, 2.24) is 4.98 Å². The van der Waals surface area contributed by atoms with Crippen molar-refractivity contribution in [3.8, 4) is 5.75 Å². The summed E-state index contributed by atoms with van der Waals surface area (Å²) >= 11 is 3.10. The first-order valence-corrected chi connectivity index (χ1v) is 11.4. The minimum Gasteiger partial charge on any atom is -0.494 e. The van der Waals surface area contributed by atoms with Gasteiger partial charge in [-0.2, -0.15) is 0 Å².